The Morgan fingerprint density at radius 1 is 1.25 bits per heavy atom. The van der Waals surface area contributed by atoms with Gasteiger partial charge < -0.3 is 0 Å². The standard InChI is InChI=1S/C11H9FN2O2/c12-9-3-1-2-8(6-9)7-14-5-4-10(15)13-11(14)16/h1-6H,7H2,(H,13,15,16). The van der Waals surface area contributed by atoms with E-state index in [2.05, 4.69) is 4.98 Å². The maximum Gasteiger partial charge on any atom is 0.328 e. The van der Waals surface area contributed by atoms with E-state index in [0.717, 1.165) is 0 Å². The molecule has 0 aliphatic rings. The number of aromatic amines is 1. The summed E-state index contributed by atoms with van der Waals surface area (Å²) in [6, 6.07) is 7.21. The van der Waals surface area contributed by atoms with Gasteiger partial charge in [-0.05, 0) is 17.7 Å². The number of H-pyrrole nitrogens is 1. The van der Waals surface area contributed by atoms with Gasteiger partial charge in [0.05, 0.1) is 6.54 Å². The Morgan fingerprint density at radius 3 is 2.75 bits per heavy atom. The van der Waals surface area contributed by atoms with Crippen LogP contribution in [-0.2, 0) is 6.54 Å². The van der Waals surface area contributed by atoms with E-state index >= 15 is 0 Å². The average molecular weight is 220 g/mol. The van der Waals surface area contributed by atoms with Crippen LogP contribution in [0.1, 0.15) is 5.56 Å². The van der Waals surface area contributed by atoms with Crippen molar-refractivity contribution in [2.45, 2.75) is 6.54 Å². The highest BCUT2D eigenvalue weighted by molar-refractivity contribution is 5.16. The lowest BCUT2D eigenvalue weighted by molar-refractivity contribution is 0.621. The van der Waals surface area contributed by atoms with E-state index in [0.29, 0.717) is 5.56 Å². The molecule has 4 nitrogen and oxygen atoms in total. The van der Waals surface area contributed by atoms with Crippen LogP contribution in [0.25, 0.3) is 0 Å². The molecule has 0 bridgehead atoms. The summed E-state index contributed by atoms with van der Waals surface area (Å²) in [5, 5.41) is 0. The number of nitrogens with one attached hydrogen (secondary N) is 1. The van der Waals surface area contributed by atoms with E-state index in [9.17, 15) is 14.0 Å². The minimum atomic E-state index is -0.503. The summed E-state index contributed by atoms with van der Waals surface area (Å²) < 4.78 is 14.2. The SMILES string of the molecule is O=c1ccn(Cc2cccc(F)c2)c(=O)[nH]1. The second-order valence-corrected chi connectivity index (χ2v) is 3.37. The van der Waals surface area contributed by atoms with Gasteiger partial charge in [0.15, 0.2) is 0 Å². The van der Waals surface area contributed by atoms with Gasteiger partial charge in [0.1, 0.15) is 5.82 Å². The predicted octanol–water partition coefficient (Wildman–Crippen LogP) is 0.724. The van der Waals surface area contributed by atoms with Gasteiger partial charge in [0, 0.05) is 12.3 Å². The molecule has 0 spiro atoms. The van der Waals surface area contributed by atoms with E-state index in [-0.39, 0.29) is 12.4 Å². The Kier molecular flexibility index (Phi) is 2.68. The largest absolute Gasteiger partial charge is 0.328 e. The monoisotopic (exact) mass is 220 g/mol. The topological polar surface area (TPSA) is 54.9 Å². The Bertz CT molecular complexity index is 616. The zero-order chi connectivity index (χ0) is 11.5. The summed E-state index contributed by atoms with van der Waals surface area (Å²) in [6.45, 7) is 0.230. The van der Waals surface area contributed by atoms with Crippen LogP contribution in [0.5, 0.6) is 0 Å². The third-order valence-electron chi connectivity index (χ3n) is 2.14. The first kappa shape index (κ1) is 10.4. The fourth-order valence-electron chi connectivity index (χ4n) is 1.40. The average Bonchev–Trinajstić information content (AvgIpc) is 2.22. The van der Waals surface area contributed by atoms with Crippen molar-refractivity contribution >= 4 is 0 Å². The first-order valence-corrected chi connectivity index (χ1v) is 4.69. The van der Waals surface area contributed by atoms with Crippen LogP contribution in [0.15, 0.2) is 46.1 Å². The number of benzene rings is 1. The van der Waals surface area contributed by atoms with Crippen molar-refractivity contribution in [1.29, 1.82) is 0 Å². The molecule has 5 heteroatoms. The molecule has 82 valence electrons. The molecule has 0 unspecified atom stereocenters. The van der Waals surface area contributed by atoms with Crippen LogP contribution in [0.4, 0.5) is 4.39 Å². The van der Waals surface area contributed by atoms with Crippen molar-refractivity contribution in [1.82, 2.24) is 9.55 Å². The van der Waals surface area contributed by atoms with Crippen molar-refractivity contribution in [2.24, 2.45) is 0 Å². The van der Waals surface area contributed by atoms with Gasteiger partial charge in [-0.2, -0.15) is 0 Å². The zero-order valence-corrected chi connectivity index (χ0v) is 8.31. The van der Waals surface area contributed by atoms with Crippen molar-refractivity contribution < 1.29 is 4.39 Å². The maximum absolute atomic E-state index is 12.9. The number of hydrogen-bond acceptors (Lipinski definition) is 2. The Morgan fingerprint density at radius 2 is 2.06 bits per heavy atom. The van der Waals surface area contributed by atoms with Gasteiger partial charge in [-0.25, -0.2) is 9.18 Å². The molecule has 0 saturated heterocycles. The van der Waals surface area contributed by atoms with Gasteiger partial charge >= 0.3 is 5.69 Å². The molecule has 0 radical (unpaired) electrons. The molecule has 0 amide bonds. The second-order valence-electron chi connectivity index (χ2n) is 3.37. The first-order valence-electron chi connectivity index (χ1n) is 4.69. The summed E-state index contributed by atoms with van der Waals surface area (Å²) >= 11 is 0. The summed E-state index contributed by atoms with van der Waals surface area (Å²) in [7, 11) is 0. The predicted molar refractivity (Wildman–Crippen MR) is 56.8 cm³/mol. The molecule has 0 fully saturated rings. The van der Waals surface area contributed by atoms with E-state index in [1.807, 2.05) is 0 Å². The number of rotatable bonds is 2. The number of nitrogens with zero attached hydrogens (tertiary/aromatic N) is 1. The van der Waals surface area contributed by atoms with E-state index in [1.54, 1.807) is 12.1 Å². The fraction of sp³-hybridized carbons (Fsp3) is 0.0909. The highest BCUT2D eigenvalue weighted by Gasteiger charge is 1.99. The molecular formula is C11H9FN2O2. The molecule has 1 aromatic carbocycles. The molecule has 0 atom stereocenters. The molecule has 1 aromatic heterocycles. The fourth-order valence-corrected chi connectivity index (χ4v) is 1.40. The lowest BCUT2D eigenvalue weighted by atomic mass is 10.2. The van der Waals surface area contributed by atoms with Gasteiger partial charge in [-0.3, -0.25) is 14.3 Å². The molecular weight excluding hydrogens is 211 g/mol. The summed E-state index contributed by atoms with van der Waals surface area (Å²) in [5.41, 5.74) is -0.286. The second kappa shape index (κ2) is 4.14. The minimum Gasteiger partial charge on any atom is -0.296 e. The van der Waals surface area contributed by atoms with Gasteiger partial charge in [-0.1, -0.05) is 12.1 Å². The van der Waals surface area contributed by atoms with Crippen LogP contribution in [-0.4, -0.2) is 9.55 Å². The van der Waals surface area contributed by atoms with E-state index in [4.69, 9.17) is 0 Å². The van der Waals surface area contributed by atoms with Gasteiger partial charge in [0.2, 0.25) is 0 Å². The van der Waals surface area contributed by atoms with Crippen LogP contribution < -0.4 is 11.2 Å². The first-order chi connectivity index (χ1) is 7.65. The lowest BCUT2D eigenvalue weighted by Crippen LogP contribution is -2.28. The summed E-state index contributed by atoms with van der Waals surface area (Å²) in [5.74, 6) is -0.352. The smallest absolute Gasteiger partial charge is 0.296 e. The molecule has 0 aliphatic carbocycles. The third kappa shape index (κ3) is 2.25. The van der Waals surface area contributed by atoms with E-state index in [1.165, 1.54) is 29.0 Å². The van der Waals surface area contributed by atoms with Crippen molar-refractivity contribution in [2.75, 3.05) is 0 Å². The Hall–Kier alpha value is -2.17. The van der Waals surface area contributed by atoms with Crippen molar-refractivity contribution in [3.8, 4) is 0 Å². The van der Waals surface area contributed by atoms with Crippen molar-refractivity contribution in [3.63, 3.8) is 0 Å². The van der Waals surface area contributed by atoms with Crippen LogP contribution >= 0.6 is 0 Å². The lowest BCUT2D eigenvalue weighted by Gasteiger charge is -2.04. The number of halogens is 1. The number of hydrogen-bond donors (Lipinski definition) is 1. The summed E-state index contributed by atoms with van der Waals surface area (Å²) in [6.07, 6.45) is 1.38. The third-order valence-corrected chi connectivity index (χ3v) is 2.14. The minimum absolute atomic E-state index is 0.230. The molecule has 1 N–H and O–H groups in total. The molecule has 2 rings (SSSR count). The maximum atomic E-state index is 12.9. The van der Waals surface area contributed by atoms with Gasteiger partial charge in [0.25, 0.3) is 5.56 Å². The Balaban J connectivity index is 2.34. The van der Waals surface area contributed by atoms with E-state index < -0.39 is 11.2 Å². The molecule has 16 heavy (non-hydrogen) atoms. The Labute approximate surface area is 90.0 Å². The highest BCUT2D eigenvalue weighted by Crippen LogP contribution is 2.03. The number of aromatic nitrogens is 2. The van der Waals surface area contributed by atoms with Crippen LogP contribution in [0.2, 0.25) is 0 Å². The van der Waals surface area contributed by atoms with Crippen LogP contribution in [0.3, 0.4) is 0 Å². The normalized spacial score (nSPS) is 10.3. The zero-order valence-electron chi connectivity index (χ0n) is 8.31. The molecule has 2 aromatic rings. The van der Waals surface area contributed by atoms with Gasteiger partial charge in [-0.15, -0.1) is 0 Å². The van der Waals surface area contributed by atoms with Crippen molar-refractivity contribution in [3.05, 3.63) is 68.7 Å². The molecule has 1 heterocycles. The highest BCUT2D eigenvalue weighted by atomic mass is 19.1. The summed E-state index contributed by atoms with van der Waals surface area (Å²) in [4.78, 5) is 24.3. The van der Waals surface area contributed by atoms with Crippen LogP contribution in [0, 0.1) is 5.82 Å². The molecule has 0 aliphatic heterocycles. The quantitative estimate of drug-likeness (QED) is 0.810. The molecule has 0 saturated carbocycles.